The van der Waals surface area contributed by atoms with Crippen molar-refractivity contribution in [1.82, 2.24) is 10.2 Å². The maximum Gasteiger partial charge on any atom is 0.254 e. The summed E-state index contributed by atoms with van der Waals surface area (Å²) in [5, 5.41) is 12.0. The van der Waals surface area contributed by atoms with Crippen LogP contribution in [0.15, 0.2) is 35.4 Å². The summed E-state index contributed by atoms with van der Waals surface area (Å²) in [5.41, 5.74) is 2.77. The van der Waals surface area contributed by atoms with Gasteiger partial charge in [0.25, 0.3) is 5.91 Å². The maximum absolute atomic E-state index is 13.2. The third kappa shape index (κ3) is 2.66. The minimum atomic E-state index is -0.388. The molecule has 2 N–H and O–H groups in total. The number of benzene rings is 1. The Hall–Kier alpha value is -2.63. The average molecular weight is 368 g/mol. The molecule has 0 saturated carbocycles. The minimum Gasteiger partial charge on any atom is -0.508 e. The lowest BCUT2D eigenvalue weighted by Gasteiger charge is -2.36. The third-order valence-corrected chi connectivity index (χ3v) is 6.31. The van der Waals surface area contributed by atoms with E-state index in [1.807, 2.05) is 11.8 Å². The number of hydrogen-bond acceptors (Lipinski definition) is 4. The number of rotatable bonds is 2. The summed E-state index contributed by atoms with van der Waals surface area (Å²) < 4.78 is 0. The molecule has 6 nitrogen and oxygen atoms in total. The van der Waals surface area contributed by atoms with Gasteiger partial charge < -0.3 is 10.0 Å². The van der Waals surface area contributed by atoms with E-state index in [0.717, 1.165) is 11.1 Å². The van der Waals surface area contributed by atoms with Crippen molar-refractivity contribution in [3.05, 3.63) is 41.0 Å². The predicted molar refractivity (Wildman–Crippen MR) is 98.7 cm³/mol. The Kier molecular flexibility index (Phi) is 4.09. The van der Waals surface area contributed by atoms with Crippen molar-refractivity contribution in [3.63, 3.8) is 0 Å². The van der Waals surface area contributed by atoms with Gasteiger partial charge in [-0.25, -0.2) is 0 Å². The van der Waals surface area contributed by atoms with Crippen LogP contribution in [0.4, 0.5) is 0 Å². The molecule has 27 heavy (non-hydrogen) atoms. The summed E-state index contributed by atoms with van der Waals surface area (Å²) in [5.74, 6) is -1.06. The van der Waals surface area contributed by atoms with Crippen LogP contribution in [0.3, 0.4) is 0 Å². The van der Waals surface area contributed by atoms with Crippen LogP contribution in [0, 0.1) is 23.7 Å². The lowest BCUT2D eigenvalue weighted by Crippen LogP contribution is -2.45. The quantitative estimate of drug-likeness (QED) is 0.618. The van der Waals surface area contributed by atoms with E-state index in [-0.39, 0.29) is 53.2 Å². The summed E-state index contributed by atoms with van der Waals surface area (Å²) in [6, 6.07) is 6.11. The van der Waals surface area contributed by atoms with Gasteiger partial charge in [0.15, 0.2) is 0 Å². The monoisotopic (exact) mass is 368 g/mol. The Bertz CT molecular complexity index is 855. The van der Waals surface area contributed by atoms with Gasteiger partial charge in [-0.05, 0) is 49.1 Å². The van der Waals surface area contributed by atoms with E-state index < -0.39 is 0 Å². The number of carbonyl (C=O) groups is 3. The minimum absolute atomic E-state index is 0.107. The van der Waals surface area contributed by atoms with Crippen molar-refractivity contribution in [2.75, 3.05) is 6.54 Å². The maximum atomic E-state index is 13.2. The molecule has 0 spiro atoms. The molecule has 4 atom stereocenters. The fraction of sp³-hybridized carbons (Fsp3) is 0.476. The van der Waals surface area contributed by atoms with Crippen molar-refractivity contribution in [3.8, 4) is 5.75 Å². The number of phenolic OH excluding ortho intramolecular Hbond substituents is 1. The zero-order valence-corrected chi connectivity index (χ0v) is 15.7. The van der Waals surface area contributed by atoms with Crippen LogP contribution in [0.5, 0.6) is 5.75 Å². The fourth-order valence-electron chi connectivity index (χ4n) is 5.13. The Labute approximate surface area is 158 Å². The van der Waals surface area contributed by atoms with Crippen LogP contribution in [0.25, 0.3) is 0 Å². The van der Waals surface area contributed by atoms with Crippen LogP contribution >= 0.6 is 0 Å². The Morgan fingerprint density at radius 2 is 1.81 bits per heavy atom. The second-order valence-corrected chi connectivity index (χ2v) is 8.24. The summed E-state index contributed by atoms with van der Waals surface area (Å²) in [4.78, 5) is 39.8. The lowest BCUT2D eigenvalue weighted by molar-refractivity contribution is -0.126. The molecule has 1 aliphatic carbocycles. The number of fused-ring (bicyclic) bond motifs is 3. The molecule has 0 aromatic heterocycles. The second-order valence-electron chi connectivity index (χ2n) is 8.24. The number of nitrogens with zero attached hydrogens (tertiary/aromatic N) is 1. The van der Waals surface area contributed by atoms with Gasteiger partial charge in [-0.15, -0.1) is 0 Å². The molecular formula is C21H24N2O4. The Balaban J connectivity index is 1.75. The van der Waals surface area contributed by atoms with Crippen molar-refractivity contribution < 1.29 is 19.5 Å². The molecule has 3 amide bonds. The summed E-state index contributed by atoms with van der Waals surface area (Å²) in [7, 11) is 0. The standard InChI is InChI=1S/C21H24N2O4/c1-10(2)18-16-15(11(3)8-14-17(16)20(26)22-19(14)25)9-23(18)21(27)12-4-6-13(24)7-5-12/h4-7,10,14,16-18,24H,8-9H2,1-3H3,(H,22,25,26)/t14-,16-,17-,18-/m1/s1. The second kappa shape index (κ2) is 6.22. The van der Waals surface area contributed by atoms with Gasteiger partial charge in [0, 0.05) is 24.1 Å². The molecule has 2 heterocycles. The molecule has 6 heteroatoms. The SMILES string of the molecule is CC1=C2CN(C(=O)c3ccc(O)cc3)[C@H](C(C)C)[C@H]2[C@@H]2C(=O)NC(=O)[C@@H]2C1. The molecule has 4 rings (SSSR count). The van der Waals surface area contributed by atoms with E-state index in [1.165, 1.54) is 12.1 Å². The highest BCUT2D eigenvalue weighted by molar-refractivity contribution is 6.06. The molecule has 0 bridgehead atoms. The molecule has 3 aliphatic rings. The molecule has 0 unspecified atom stereocenters. The van der Waals surface area contributed by atoms with Crippen LogP contribution in [0.2, 0.25) is 0 Å². The van der Waals surface area contributed by atoms with Gasteiger partial charge in [-0.3, -0.25) is 19.7 Å². The first-order valence-electron chi connectivity index (χ1n) is 9.42. The van der Waals surface area contributed by atoms with E-state index in [1.54, 1.807) is 12.1 Å². The molecule has 2 fully saturated rings. The van der Waals surface area contributed by atoms with E-state index in [0.29, 0.717) is 18.5 Å². The number of carbonyl (C=O) groups excluding carboxylic acids is 3. The zero-order valence-electron chi connectivity index (χ0n) is 15.7. The highest BCUT2D eigenvalue weighted by Gasteiger charge is 2.57. The highest BCUT2D eigenvalue weighted by atomic mass is 16.3. The number of phenols is 1. The number of allylic oxidation sites excluding steroid dienone is 1. The van der Waals surface area contributed by atoms with Gasteiger partial charge in [-0.2, -0.15) is 0 Å². The van der Waals surface area contributed by atoms with Crippen LogP contribution < -0.4 is 5.32 Å². The first-order chi connectivity index (χ1) is 12.8. The summed E-state index contributed by atoms with van der Waals surface area (Å²) in [6.07, 6.45) is 0.583. The average Bonchev–Trinajstić information content (AvgIpc) is 3.14. The first-order valence-corrected chi connectivity index (χ1v) is 9.42. The normalized spacial score (nSPS) is 29.9. The Morgan fingerprint density at radius 1 is 1.15 bits per heavy atom. The van der Waals surface area contributed by atoms with E-state index in [2.05, 4.69) is 19.2 Å². The number of hydrogen-bond donors (Lipinski definition) is 2. The molecule has 142 valence electrons. The van der Waals surface area contributed by atoms with Crippen molar-refractivity contribution in [1.29, 1.82) is 0 Å². The van der Waals surface area contributed by atoms with Gasteiger partial charge in [-0.1, -0.05) is 19.4 Å². The molecule has 0 radical (unpaired) electrons. The zero-order chi connectivity index (χ0) is 19.5. The van der Waals surface area contributed by atoms with Crippen molar-refractivity contribution in [2.24, 2.45) is 23.7 Å². The number of imide groups is 1. The van der Waals surface area contributed by atoms with E-state index >= 15 is 0 Å². The van der Waals surface area contributed by atoms with Crippen LogP contribution in [-0.2, 0) is 9.59 Å². The van der Waals surface area contributed by atoms with E-state index in [9.17, 15) is 19.5 Å². The number of aromatic hydroxyl groups is 1. The highest BCUT2D eigenvalue weighted by Crippen LogP contribution is 2.50. The molecule has 2 aliphatic heterocycles. The van der Waals surface area contributed by atoms with Gasteiger partial charge >= 0.3 is 0 Å². The number of amides is 3. The number of nitrogens with one attached hydrogen (secondary N) is 1. The van der Waals surface area contributed by atoms with Crippen molar-refractivity contribution >= 4 is 17.7 Å². The lowest BCUT2D eigenvalue weighted by atomic mass is 9.67. The van der Waals surface area contributed by atoms with E-state index in [4.69, 9.17) is 0 Å². The topological polar surface area (TPSA) is 86.7 Å². The van der Waals surface area contributed by atoms with Gasteiger partial charge in [0.05, 0.1) is 11.8 Å². The van der Waals surface area contributed by atoms with Crippen LogP contribution in [0.1, 0.15) is 37.6 Å². The van der Waals surface area contributed by atoms with Crippen molar-refractivity contribution in [2.45, 2.75) is 33.2 Å². The molecule has 1 aromatic carbocycles. The summed E-state index contributed by atoms with van der Waals surface area (Å²) in [6.45, 7) is 6.61. The van der Waals surface area contributed by atoms with Crippen LogP contribution in [-0.4, -0.2) is 40.3 Å². The molecule has 1 aromatic rings. The third-order valence-electron chi connectivity index (χ3n) is 6.31. The van der Waals surface area contributed by atoms with Gasteiger partial charge in [0.1, 0.15) is 5.75 Å². The number of likely N-dealkylation sites (tertiary alicyclic amines) is 1. The first kappa shape index (κ1) is 17.8. The largest absolute Gasteiger partial charge is 0.508 e. The smallest absolute Gasteiger partial charge is 0.254 e. The fourth-order valence-corrected chi connectivity index (χ4v) is 5.13. The molecular weight excluding hydrogens is 344 g/mol. The van der Waals surface area contributed by atoms with Gasteiger partial charge in [0.2, 0.25) is 11.8 Å². The predicted octanol–water partition coefficient (Wildman–Crippen LogP) is 2.10. The Morgan fingerprint density at radius 3 is 2.44 bits per heavy atom. The molecule has 2 saturated heterocycles. The summed E-state index contributed by atoms with van der Waals surface area (Å²) >= 11 is 0.